The van der Waals surface area contributed by atoms with E-state index in [9.17, 15) is 18.0 Å². The van der Waals surface area contributed by atoms with Gasteiger partial charge in [-0.05, 0) is 26.7 Å². The van der Waals surface area contributed by atoms with E-state index in [4.69, 9.17) is 0 Å². The first-order valence-electron chi connectivity index (χ1n) is 7.51. The van der Waals surface area contributed by atoms with E-state index < -0.39 is 11.9 Å². The molecule has 0 aliphatic carbocycles. The highest BCUT2D eigenvalue weighted by atomic mass is 19.4. The van der Waals surface area contributed by atoms with Crippen LogP contribution in [0.4, 0.5) is 23.8 Å². The SMILES string of the molecule is CCNC(=O)NC1CCN(c2cc(C(F)(F)F)nc(C)n2)CC1. The van der Waals surface area contributed by atoms with Crippen LogP contribution in [0.15, 0.2) is 6.07 Å². The van der Waals surface area contributed by atoms with Gasteiger partial charge in [0.05, 0.1) is 0 Å². The first kappa shape index (κ1) is 17.3. The zero-order chi connectivity index (χ0) is 17.0. The number of nitrogens with zero attached hydrogens (tertiary/aromatic N) is 3. The Morgan fingerprint density at radius 1 is 1.35 bits per heavy atom. The standard InChI is InChI=1S/C14H20F3N5O/c1-3-18-13(23)21-10-4-6-22(7-5-10)12-8-11(14(15,16)17)19-9(2)20-12/h8,10H,3-7H2,1-2H3,(H2,18,21,23). The minimum Gasteiger partial charge on any atom is -0.356 e. The molecule has 0 spiro atoms. The van der Waals surface area contributed by atoms with Crippen molar-refractivity contribution in [1.82, 2.24) is 20.6 Å². The fraction of sp³-hybridized carbons (Fsp3) is 0.643. The summed E-state index contributed by atoms with van der Waals surface area (Å²) < 4.78 is 38.5. The molecule has 1 aliphatic heterocycles. The van der Waals surface area contributed by atoms with Crippen LogP contribution < -0.4 is 15.5 Å². The molecule has 0 radical (unpaired) electrons. The summed E-state index contributed by atoms with van der Waals surface area (Å²) >= 11 is 0. The van der Waals surface area contributed by atoms with Crippen LogP contribution in [-0.2, 0) is 6.18 Å². The summed E-state index contributed by atoms with van der Waals surface area (Å²) in [4.78, 5) is 20.8. The normalized spacial score (nSPS) is 16.3. The van der Waals surface area contributed by atoms with E-state index >= 15 is 0 Å². The van der Waals surface area contributed by atoms with Gasteiger partial charge in [0.25, 0.3) is 0 Å². The number of aromatic nitrogens is 2. The van der Waals surface area contributed by atoms with Gasteiger partial charge in [-0.3, -0.25) is 0 Å². The molecule has 0 saturated carbocycles. The lowest BCUT2D eigenvalue weighted by Crippen LogP contribution is -2.48. The molecule has 0 atom stereocenters. The molecule has 9 heteroatoms. The van der Waals surface area contributed by atoms with E-state index in [1.54, 1.807) is 4.90 Å². The van der Waals surface area contributed by atoms with Crippen LogP contribution in [0, 0.1) is 6.92 Å². The van der Waals surface area contributed by atoms with Crippen molar-refractivity contribution in [2.75, 3.05) is 24.5 Å². The maximum Gasteiger partial charge on any atom is 0.433 e. The summed E-state index contributed by atoms with van der Waals surface area (Å²) in [6.07, 6.45) is -3.18. The van der Waals surface area contributed by atoms with Crippen molar-refractivity contribution in [3.05, 3.63) is 17.6 Å². The van der Waals surface area contributed by atoms with Crippen molar-refractivity contribution in [2.24, 2.45) is 0 Å². The number of alkyl halides is 3. The fourth-order valence-electron chi connectivity index (χ4n) is 2.51. The monoisotopic (exact) mass is 331 g/mol. The minimum absolute atomic E-state index is 0.0165. The molecule has 2 heterocycles. The zero-order valence-corrected chi connectivity index (χ0v) is 13.1. The van der Waals surface area contributed by atoms with Gasteiger partial charge in [-0.25, -0.2) is 14.8 Å². The van der Waals surface area contributed by atoms with E-state index in [-0.39, 0.29) is 23.7 Å². The molecule has 0 unspecified atom stereocenters. The maximum absolute atomic E-state index is 12.8. The van der Waals surface area contributed by atoms with Gasteiger partial charge in [-0.15, -0.1) is 0 Å². The highest BCUT2D eigenvalue weighted by Crippen LogP contribution is 2.30. The number of hydrogen-bond acceptors (Lipinski definition) is 4. The van der Waals surface area contributed by atoms with Gasteiger partial charge in [0.1, 0.15) is 17.3 Å². The number of rotatable bonds is 3. The summed E-state index contributed by atoms with van der Waals surface area (Å²) in [7, 11) is 0. The quantitative estimate of drug-likeness (QED) is 0.890. The Labute approximate surface area is 132 Å². The molecule has 0 bridgehead atoms. The summed E-state index contributed by atoms with van der Waals surface area (Å²) in [5, 5.41) is 5.51. The molecular formula is C14H20F3N5O. The van der Waals surface area contributed by atoms with Crippen molar-refractivity contribution in [1.29, 1.82) is 0 Å². The Bertz CT molecular complexity index is 556. The largest absolute Gasteiger partial charge is 0.433 e. The van der Waals surface area contributed by atoms with E-state index in [2.05, 4.69) is 20.6 Å². The third-order valence-electron chi connectivity index (χ3n) is 3.61. The molecule has 1 aliphatic rings. The first-order valence-corrected chi connectivity index (χ1v) is 7.51. The third-order valence-corrected chi connectivity index (χ3v) is 3.61. The van der Waals surface area contributed by atoms with Crippen molar-refractivity contribution >= 4 is 11.8 Å². The fourth-order valence-corrected chi connectivity index (χ4v) is 2.51. The van der Waals surface area contributed by atoms with Crippen molar-refractivity contribution in [3.8, 4) is 0 Å². The zero-order valence-electron chi connectivity index (χ0n) is 13.1. The number of amides is 2. The van der Waals surface area contributed by atoms with Crippen molar-refractivity contribution < 1.29 is 18.0 Å². The molecule has 1 saturated heterocycles. The molecule has 23 heavy (non-hydrogen) atoms. The Morgan fingerprint density at radius 2 is 2.00 bits per heavy atom. The molecule has 128 valence electrons. The van der Waals surface area contributed by atoms with Crippen LogP contribution in [-0.4, -0.2) is 41.7 Å². The van der Waals surface area contributed by atoms with Gasteiger partial charge in [0.15, 0.2) is 0 Å². The second kappa shape index (κ2) is 7.01. The summed E-state index contributed by atoms with van der Waals surface area (Å²) in [6.45, 7) is 4.89. The van der Waals surface area contributed by atoms with Crippen LogP contribution in [0.5, 0.6) is 0 Å². The van der Waals surface area contributed by atoms with E-state index in [1.165, 1.54) is 6.92 Å². The number of carbonyl (C=O) groups is 1. The summed E-state index contributed by atoms with van der Waals surface area (Å²) in [5.74, 6) is 0.374. The minimum atomic E-state index is -4.49. The number of halogens is 3. The molecule has 2 amide bonds. The molecule has 2 rings (SSSR count). The third kappa shape index (κ3) is 4.70. The smallest absolute Gasteiger partial charge is 0.356 e. The molecule has 1 aromatic rings. The maximum atomic E-state index is 12.8. The highest BCUT2D eigenvalue weighted by Gasteiger charge is 2.34. The Balaban J connectivity index is 2.00. The Hall–Kier alpha value is -2.06. The van der Waals surface area contributed by atoms with Crippen molar-refractivity contribution in [2.45, 2.75) is 38.9 Å². The van der Waals surface area contributed by atoms with Crippen molar-refractivity contribution in [3.63, 3.8) is 0 Å². The first-order chi connectivity index (χ1) is 10.8. The second-order valence-corrected chi connectivity index (χ2v) is 5.42. The summed E-state index contributed by atoms with van der Waals surface area (Å²) in [6, 6.07) is 0.774. The highest BCUT2D eigenvalue weighted by molar-refractivity contribution is 5.74. The lowest BCUT2D eigenvalue weighted by molar-refractivity contribution is -0.141. The Morgan fingerprint density at radius 3 is 2.57 bits per heavy atom. The number of piperidine rings is 1. The van der Waals surface area contributed by atoms with Gasteiger partial charge in [0, 0.05) is 31.7 Å². The van der Waals surface area contributed by atoms with Gasteiger partial charge in [-0.2, -0.15) is 13.2 Å². The predicted octanol–water partition coefficient (Wildman–Crippen LogP) is 2.09. The van der Waals surface area contributed by atoms with Crippen LogP contribution in [0.3, 0.4) is 0 Å². The van der Waals surface area contributed by atoms with Crippen LogP contribution >= 0.6 is 0 Å². The lowest BCUT2D eigenvalue weighted by atomic mass is 10.1. The van der Waals surface area contributed by atoms with Crippen LogP contribution in [0.1, 0.15) is 31.3 Å². The average Bonchev–Trinajstić information content (AvgIpc) is 2.46. The number of anilines is 1. The molecule has 6 nitrogen and oxygen atoms in total. The molecular weight excluding hydrogens is 311 g/mol. The predicted molar refractivity (Wildman–Crippen MR) is 79.2 cm³/mol. The topological polar surface area (TPSA) is 70.2 Å². The number of aryl methyl sites for hydroxylation is 1. The molecule has 1 fully saturated rings. The number of urea groups is 1. The average molecular weight is 331 g/mol. The van der Waals surface area contributed by atoms with Gasteiger partial charge < -0.3 is 15.5 Å². The molecule has 1 aromatic heterocycles. The number of nitrogens with one attached hydrogen (secondary N) is 2. The summed E-state index contributed by atoms with van der Waals surface area (Å²) in [5.41, 5.74) is -0.928. The van der Waals surface area contributed by atoms with Crippen LogP contribution in [0.2, 0.25) is 0 Å². The van der Waals surface area contributed by atoms with Gasteiger partial charge >= 0.3 is 12.2 Å². The second-order valence-electron chi connectivity index (χ2n) is 5.42. The Kier molecular flexibility index (Phi) is 5.27. The lowest BCUT2D eigenvalue weighted by Gasteiger charge is -2.33. The number of hydrogen-bond donors (Lipinski definition) is 2. The number of carbonyl (C=O) groups excluding carboxylic acids is 1. The van der Waals surface area contributed by atoms with E-state index in [1.807, 2.05) is 6.92 Å². The molecule has 2 N–H and O–H groups in total. The molecule has 0 aromatic carbocycles. The van der Waals surface area contributed by atoms with Gasteiger partial charge in [-0.1, -0.05) is 0 Å². The van der Waals surface area contributed by atoms with E-state index in [0.717, 1.165) is 6.07 Å². The van der Waals surface area contributed by atoms with Gasteiger partial charge in [0.2, 0.25) is 0 Å². The van der Waals surface area contributed by atoms with E-state index in [0.29, 0.717) is 32.5 Å². The van der Waals surface area contributed by atoms with Crippen LogP contribution in [0.25, 0.3) is 0 Å².